The molecule has 2 aliphatic rings. The molecule has 0 aromatic carbocycles. The van der Waals surface area contributed by atoms with Gasteiger partial charge in [-0.15, -0.1) is 26.3 Å². The Hall–Kier alpha value is -5.39. The standard InChI is InChI=1S/C87H160O34Si10.2C2H4/c1-72(2)80(88)104-54-46-96-38-30-64-124(19)112-122(17,113-125(20,65-31-39-97-47-55-105-81(89)73(3)4)117-129(24,69-35-43-101-51-59-109-85(93)77(11)12)120-128(23,116-124)68-34-42-100-50-58-108-84(92)76(9)10)62-28-27-29-63-123(18)114-126(21,66-32-40-98-48-56-106-82(90)74(5)6)118-130(25,70-36-44-102-52-60-110-86(94)78(13)14)121-131(26,71-37-45-103-53-61-111-87(95)79(15)16)119-127(22,115-123)67-33-41-99-49-57-107-83(91)75(7)8;2*1-2/h1,3,5,7,9,11,13,15,27-71H2,2,4,6,8,10,12,14,16-26H3;2*1-2H2. The Morgan fingerprint density at radius 1 is 0.163 bits per heavy atom. The average Bonchev–Trinajstić information content (AvgIpc) is 0.770. The van der Waals surface area contributed by atoms with Gasteiger partial charge in [-0.1, -0.05) is 71.9 Å². The second-order valence-corrected chi connectivity index (χ2v) is 70.8. The zero-order valence-electron chi connectivity index (χ0n) is 85.2. The van der Waals surface area contributed by atoms with E-state index in [1.54, 1.807) is 55.4 Å². The summed E-state index contributed by atoms with van der Waals surface area (Å²) in [6.45, 7) is 78.5. The predicted octanol–water partition coefficient (Wildman–Crippen LogP) is 16.9. The highest BCUT2D eigenvalue weighted by Gasteiger charge is 2.59. The Balaban J connectivity index is 0.0000442. The zero-order chi connectivity index (χ0) is 102. The molecule has 0 amide bonds. The third kappa shape index (κ3) is 60.5. The molecule has 2 saturated heterocycles. The van der Waals surface area contributed by atoms with E-state index in [1.165, 1.54) is 0 Å². The lowest BCUT2D eigenvalue weighted by Crippen LogP contribution is -2.67. The van der Waals surface area contributed by atoms with Crippen LogP contribution in [0, 0.1) is 0 Å². The monoisotopic (exact) mass is 2080 g/mol. The van der Waals surface area contributed by atoms with E-state index in [1.807, 2.05) is 0 Å². The molecule has 135 heavy (non-hydrogen) atoms. The second kappa shape index (κ2) is 69.5. The van der Waals surface area contributed by atoms with Gasteiger partial charge >= 0.3 is 133 Å². The molecule has 0 aliphatic carbocycles. The van der Waals surface area contributed by atoms with E-state index in [2.05, 4.69) is 144 Å². The summed E-state index contributed by atoms with van der Waals surface area (Å²) in [5.74, 6) is -4.13. The van der Waals surface area contributed by atoms with Gasteiger partial charge in [-0.3, -0.25) is 0 Å². The molecule has 8 atom stereocenters. The van der Waals surface area contributed by atoms with Gasteiger partial charge in [-0.25, -0.2) is 38.4 Å². The summed E-state index contributed by atoms with van der Waals surface area (Å²) in [6.07, 6.45) is 5.78. The van der Waals surface area contributed by atoms with Crippen molar-refractivity contribution in [2.24, 2.45) is 0 Å². The minimum Gasteiger partial charge on any atom is -0.460 e. The summed E-state index contributed by atoms with van der Waals surface area (Å²) < 4.78 is 170. The maximum atomic E-state index is 12.4. The Morgan fingerprint density at radius 3 is 0.356 bits per heavy atom. The number of esters is 8. The van der Waals surface area contributed by atoms with E-state index in [0.717, 1.165) is 0 Å². The first-order valence-corrected chi connectivity index (χ1v) is 71.9. The number of rotatable bonds is 70. The van der Waals surface area contributed by atoms with E-state index in [4.69, 9.17) is 117 Å². The number of ether oxygens (including phenoxy) is 16. The van der Waals surface area contributed by atoms with Crippen molar-refractivity contribution in [1.29, 1.82) is 0 Å². The van der Waals surface area contributed by atoms with Crippen LogP contribution in [-0.4, -0.2) is 292 Å². The van der Waals surface area contributed by atoms with Gasteiger partial charge in [0, 0.05) is 97.4 Å². The molecule has 0 spiro atoms. The van der Waals surface area contributed by atoms with Gasteiger partial charge in [0.25, 0.3) is 0 Å². The first-order chi connectivity index (χ1) is 63.4. The fourth-order valence-corrected chi connectivity index (χ4v) is 72.4. The highest BCUT2D eigenvalue weighted by Crippen LogP contribution is 2.43. The van der Waals surface area contributed by atoms with Gasteiger partial charge in [0.1, 0.15) is 52.9 Å². The average molecular weight is 2090 g/mol. The lowest BCUT2D eigenvalue weighted by molar-refractivity contribution is -0.141. The Labute approximate surface area is 817 Å². The van der Waals surface area contributed by atoms with E-state index in [-0.39, 0.29) is 203 Å². The highest BCUT2D eigenvalue weighted by atomic mass is 28.5. The van der Waals surface area contributed by atoms with E-state index < -0.39 is 133 Å². The molecule has 2 aliphatic heterocycles. The van der Waals surface area contributed by atoms with Gasteiger partial charge in [-0.05, 0) is 233 Å². The second-order valence-electron chi connectivity index (χ2n) is 35.0. The largest absolute Gasteiger partial charge is 0.460 e. The number of hydrogen-bond acceptors (Lipinski definition) is 34. The van der Waals surface area contributed by atoms with Gasteiger partial charge in [0.2, 0.25) is 0 Å². The van der Waals surface area contributed by atoms with Crippen molar-refractivity contribution in [2.45, 2.75) is 252 Å². The Morgan fingerprint density at radius 2 is 0.259 bits per heavy atom. The van der Waals surface area contributed by atoms with Crippen molar-refractivity contribution < 1.29 is 155 Å². The molecule has 2 heterocycles. The molecule has 0 aromatic rings. The molecule has 44 heteroatoms. The molecule has 0 bridgehead atoms. The summed E-state index contributed by atoms with van der Waals surface area (Å²) >= 11 is 0. The lowest BCUT2D eigenvalue weighted by Gasteiger charge is -2.50. The normalized spacial score (nSPS) is 24.0. The quantitative estimate of drug-likeness (QED) is 0.0136. The molecule has 2 rings (SSSR count). The molecule has 0 radical (unpaired) electrons. The van der Waals surface area contributed by atoms with Gasteiger partial charge < -0.3 is 117 Å². The fraction of sp³-hybridized carbons (Fsp3) is 0.692. The Bertz CT molecular complexity index is 3240. The minimum atomic E-state index is -3.59. The van der Waals surface area contributed by atoms with Crippen LogP contribution in [0.1, 0.15) is 126 Å². The third-order valence-electron chi connectivity index (χ3n) is 19.9. The van der Waals surface area contributed by atoms with Crippen molar-refractivity contribution in [1.82, 2.24) is 0 Å². The van der Waals surface area contributed by atoms with Crippen LogP contribution in [0.5, 0.6) is 0 Å². The van der Waals surface area contributed by atoms with Crippen LogP contribution < -0.4 is 0 Å². The van der Waals surface area contributed by atoms with Crippen molar-refractivity contribution in [3.63, 3.8) is 0 Å². The van der Waals surface area contributed by atoms with Crippen LogP contribution in [0.15, 0.2) is 124 Å². The molecule has 0 saturated carbocycles. The maximum Gasteiger partial charge on any atom is 0.333 e. The SMILES string of the molecule is C=C.C=C.C=C(C)C(=O)OCCOCCC[Si]1(C)O[Si](C)(CCCCC[Si]2(C)O[Si](C)(CCCOCCOC(=O)C(=C)C)O[Si](C)(CCCOCCOC(=O)C(=C)C)O[Si](C)(CCCOCCOC(=O)C(=C)C)O[Si](C)(CCCOCCOC(=O)C(=C)C)O2)O[Si](C)(CCCOCCOC(=O)C(=C)C)O[Si](C)(CCCOCCOC(=O)C(=C)C)O[Si](C)(CCCOCCOC(=O)C(=C)C)O1. The van der Waals surface area contributed by atoms with Crippen LogP contribution in [0.4, 0.5) is 0 Å². The topological polar surface area (TPSA) is 377 Å². The van der Waals surface area contributed by atoms with Gasteiger partial charge in [0.15, 0.2) is 0 Å². The van der Waals surface area contributed by atoms with E-state index >= 15 is 0 Å². The molecular weight excluding hydrogens is 1920 g/mol. The highest BCUT2D eigenvalue weighted by molar-refractivity contribution is 6.95. The summed E-state index contributed by atoms with van der Waals surface area (Å²) in [7, 11) is -35.4. The molecular formula is C91H168O34Si10. The number of carbonyl (C=O) groups is 8. The molecule has 8 unspecified atom stereocenters. The van der Waals surface area contributed by atoms with Crippen LogP contribution >= 0.6 is 0 Å². The summed E-state index contributed by atoms with van der Waals surface area (Å²) in [5.41, 5.74) is 2.18. The number of carbonyl (C=O) groups excluding carboxylic acids is 8. The van der Waals surface area contributed by atoms with Crippen LogP contribution in [-0.2, 0) is 155 Å². The van der Waals surface area contributed by atoms with E-state index in [9.17, 15) is 38.4 Å². The van der Waals surface area contributed by atoms with Crippen molar-refractivity contribution in [3.8, 4) is 0 Å². The first kappa shape index (κ1) is 130. The first-order valence-electron chi connectivity index (χ1n) is 46.6. The summed E-state index contributed by atoms with van der Waals surface area (Å²) in [6, 6.07) is 4.49. The molecule has 0 N–H and O–H groups in total. The molecule has 0 aromatic heterocycles. The van der Waals surface area contributed by atoms with Crippen molar-refractivity contribution >= 4 is 133 Å². The van der Waals surface area contributed by atoms with Gasteiger partial charge in [0.05, 0.1) is 52.9 Å². The summed E-state index contributed by atoms with van der Waals surface area (Å²) in [4.78, 5) is 98.8. The van der Waals surface area contributed by atoms with Crippen LogP contribution in [0.3, 0.4) is 0 Å². The maximum absolute atomic E-state index is 12.4. The van der Waals surface area contributed by atoms with Crippen LogP contribution in [0.25, 0.3) is 0 Å². The Kier molecular flexibility index (Phi) is 66.7. The predicted molar refractivity (Wildman–Crippen MR) is 541 cm³/mol. The van der Waals surface area contributed by atoms with Crippen molar-refractivity contribution in [2.75, 3.05) is 159 Å². The van der Waals surface area contributed by atoms with E-state index in [0.29, 0.717) is 131 Å². The number of unbranched alkanes of at least 4 members (excludes halogenated alkanes) is 2. The van der Waals surface area contributed by atoms with Gasteiger partial charge in [-0.2, -0.15) is 0 Å². The molecule has 34 nitrogen and oxygen atoms in total. The van der Waals surface area contributed by atoms with Crippen molar-refractivity contribution in [3.05, 3.63) is 124 Å². The third-order valence-corrected chi connectivity index (χ3v) is 67.1. The smallest absolute Gasteiger partial charge is 0.333 e. The fourth-order valence-electron chi connectivity index (χ4n) is 14.2. The summed E-state index contributed by atoms with van der Waals surface area (Å²) in [5, 5.41) is 0. The molecule has 2 fully saturated rings. The number of hydrogen-bond donors (Lipinski definition) is 0. The lowest BCUT2D eigenvalue weighted by atomic mass is 10.3. The zero-order valence-corrected chi connectivity index (χ0v) is 95.2. The minimum absolute atomic E-state index is 0.0230. The van der Waals surface area contributed by atoms with Crippen LogP contribution in [0.2, 0.25) is 126 Å². The molecule has 776 valence electrons.